The maximum atomic E-state index is 14.1. The van der Waals surface area contributed by atoms with Gasteiger partial charge in [-0.1, -0.05) is 0 Å². The third kappa shape index (κ3) is 4.96. The van der Waals surface area contributed by atoms with Crippen molar-refractivity contribution < 1.29 is 18.3 Å². The molecule has 4 aromatic rings. The summed E-state index contributed by atoms with van der Waals surface area (Å²) < 4.78 is 35.5. The Balaban J connectivity index is 1.59. The lowest BCUT2D eigenvalue weighted by Gasteiger charge is -2.41. The molecule has 1 fully saturated rings. The van der Waals surface area contributed by atoms with Crippen LogP contribution in [0.15, 0.2) is 55.2 Å². The van der Waals surface area contributed by atoms with Crippen LogP contribution in [0.25, 0.3) is 27.8 Å². The number of carbonyl (C=O) groups is 1. The topological polar surface area (TPSA) is 76.4 Å². The van der Waals surface area contributed by atoms with Gasteiger partial charge < -0.3 is 19.1 Å². The molecule has 37 heavy (non-hydrogen) atoms. The van der Waals surface area contributed by atoms with Gasteiger partial charge in [0.15, 0.2) is 5.65 Å². The molecule has 3 aromatic heterocycles. The summed E-state index contributed by atoms with van der Waals surface area (Å²) in [5.41, 5.74) is 1.93. The van der Waals surface area contributed by atoms with Crippen LogP contribution < -0.4 is 4.90 Å². The zero-order chi connectivity index (χ0) is 26.3. The van der Waals surface area contributed by atoms with Gasteiger partial charge in [0, 0.05) is 55.9 Å². The molecule has 10 heteroatoms. The van der Waals surface area contributed by atoms with Gasteiger partial charge in [0.1, 0.15) is 29.4 Å². The third-order valence-corrected chi connectivity index (χ3v) is 6.23. The lowest BCUT2D eigenvalue weighted by molar-refractivity contribution is 0.0218. The summed E-state index contributed by atoms with van der Waals surface area (Å²) in [5, 5.41) is 0.746. The molecule has 1 aromatic carbocycles. The first-order valence-electron chi connectivity index (χ1n) is 12.1. The second kappa shape index (κ2) is 9.42. The van der Waals surface area contributed by atoms with E-state index < -0.39 is 17.2 Å². The minimum absolute atomic E-state index is 0.0698. The van der Waals surface area contributed by atoms with Crippen molar-refractivity contribution in [3.05, 3.63) is 66.9 Å². The highest BCUT2D eigenvalue weighted by atomic mass is 19.1. The number of pyridine rings is 1. The average Bonchev–Trinajstić information content (AvgIpc) is 3.23. The van der Waals surface area contributed by atoms with Crippen LogP contribution in [0.2, 0.25) is 0 Å². The third-order valence-electron chi connectivity index (χ3n) is 6.23. The molecule has 1 amide bonds. The molecule has 4 heterocycles. The van der Waals surface area contributed by atoms with Gasteiger partial charge in [-0.25, -0.2) is 23.5 Å². The van der Waals surface area contributed by atoms with Crippen molar-refractivity contribution in [1.29, 1.82) is 0 Å². The Labute approximate surface area is 213 Å². The number of benzene rings is 1. The summed E-state index contributed by atoms with van der Waals surface area (Å²) in [6, 6.07) is 7.04. The van der Waals surface area contributed by atoms with E-state index in [0.29, 0.717) is 36.8 Å². The van der Waals surface area contributed by atoms with Crippen LogP contribution in [0, 0.1) is 11.6 Å². The Morgan fingerprint density at radius 3 is 2.41 bits per heavy atom. The molecule has 192 valence electrons. The largest absolute Gasteiger partial charge is 0.444 e. The molecule has 0 radical (unpaired) electrons. The highest BCUT2D eigenvalue weighted by Gasteiger charge is 2.32. The number of rotatable bonds is 3. The number of ether oxygens (including phenoxy) is 1. The number of hydrogen-bond donors (Lipinski definition) is 0. The monoisotopic (exact) mass is 506 g/mol. The summed E-state index contributed by atoms with van der Waals surface area (Å²) >= 11 is 0. The minimum Gasteiger partial charge on any atom is -0.444 e. The van der Waals surface area contributed by atoms with Crippen LogP contribution >= 0.6 is 0 Å². The van der Waals surface area contributed by atoms with Crippen LogP contribution in [-0.4, -0.2) is 61.8 Å². The number of amides is 1. The van der Waals surface area contributed by atoms with Crippen molar-refractivity contribution in [3.63, 3.8) is 0 Å². The number of nitrogens with zero attached hydrogens (tertiary/aromatic N) is 6. The van der Waals surface area contributed by atoms with Crippen LogP contribution in [0.3, 0.4) is 0 Å². The number of anilines is 1. The van der Waals surface area contributed by atoms with Gasteiger partial charge in [0.2, 0.25) is 0 Å². The second-order valence-corrected chi connectivity index (χ2v) is 10.1. The minimum atomic E-state index is -0.677. The van der Waals surface area contributed by atoms with Crippen molar-refractivity contribution in [2.24, 2.45) is 0 Å². The van der Waals surface area contributed by atoms with E-state index in [1.807, 2.05) is 46.0 Å². The Morgan fingerprint density at radius 2 is 1.76 bits per heavy atom. The number of halogens is 2. The van der Waals surface area contributed by atoms with E-state index in [-0.39, 0.29) is 12.1 Å². The van der Waals surface area contributed by atoms with E-state index in [1.54, 1.807) is 21.9 Å². The summed E-state index contributed by atoms with van der Waals surface area (Å²) in [5.74, 6) is -0.671. The fraction of sp³-hybridized carbons (Fsp3) is 0.333. The molecule has 0 unspecified atom stereocenters. The van der Waals surface area contributed by atoms with Gasteiger partial charge in [-0.15, -0.1) is 0 Å². The van der Waals surface area contributed by atoms with Gasteiger partial charge >= 0.3 is 6.09 Å². The molecule has 0 saturated carbocycles. The fourth-order valence-electron chi connectivity index (χ4n) is 4.65. The first-order chi connectivity index (χ1) is 17.6. The normalized spacial score (nSPS) is 16.3. The van der Waals surface area contributed by atoms with E-state index in [1.165, 1.54) is 18.5 Å². The standard InChI is InChI=1S/C27H28F2N6O2/c1-17-14-33(26(36)37-27(2,3)4)9-10-34(17)24-23-22(18-5-7-30-8-6-18)15-35(25(23)32-16-31-24)21-12-19(28)11-20(29)13-21/h5-8,11-13,15-17H,9-10,14H2,1-4H3/t17-/m0/s1. The molecule has 8 nitrogen and oxygen atoms in total. The number of fused-ring (bicyclic) bond motifs is 1. The van der Waals surface area contributed by atoms with Gasteiger partial charge in [-0.2, -0.15) is 0 Å². The van der Waals surface area contributed by atoms with Crippen LogP contribution in [-0.2, 0) is 4.74 Å². The number of aromatic nitrogens is 4. The molecule has 1 aliphatic rings. The summed E-state index contributed by atoms with van der Waals surface area (Å²) in [4.78, 5) is 29.8. The van der Waals surface area contributed by atoms with Gasteiger partial charge in [-0.3, -0.25) is 4.98 Å². The van der Waals surface area contributed by atoms with Gasteiger partial charge in [-0.05, 0) is 57.5 Å². The fourth-order valence-corrected chi connectivity index (χ4v) is 4.65. The molecule has 1 atom stereocenters. The maximum absolute atomic E-state index is 14.1. The summed E-state index contributed by atoms with van der Waals surface area (Å²) in [7, 11) is 0. The second-order valence-electron chi connectivity index (χ2n) is 10.1. The smallest absolute Gasteiger partial charge is 0.410 e. The van der Waals surface area contributed by atoms with Crippen LogP contribution in [0.1, 0.15) is 27.7 Å². The lowest BCUT2D eigenvalue weighted by Crippen LogP contribution is -2.54. The number of hydrogen-bond acceptors (Lipinski definition) is 6. The highest BCUT2D eigenvalue weighted by molar-refractivity contribution is 6.02. The molecule has 1 aliphatic heterocycles. The summed E-state index contributed by atoms with van der Waals surface area (Å²) in [6.45, 7) is 9.01. The molecule has 5 rings (SSSR count). The van der Waals surface area contributed by atoms with Gasteiger partial charge in [0.05, 0.1) is 11.1 Å². The maximum Gasteiger partial charge on any atom is 0.410 e. The first kappa shape index (κ1) is 24.6. The SMILES string of the molecule is C[C@H]1CN(C(=O)OC(C)(C)C)CCN1c1ncnc2c1c(-c1ccncc1)cn2-c1cc(F)cc(F)c1. The molecule has 0 bridgehead atoms. The number of piperazine rings is 1. The lowest BCUT2D eigenvalue weighted by atomic mass is 10.1. The number of carbonyl (C=O) groups excluding carboxylic acids is 1. The van der Waals surface area contributed by atoms with Crippen molar-refractivity contribution in [2.75, 3.05) is 24.5 Å². The van der Waals surface area contributed by atoms with Crippen molar-refractivity contribution in [2.45, 2.75) is 39.3 Å². The molecular formula is C27H28F2N6O2. The van der Waals surface area contributed by atoms with E-state index in [0.717, 1.165) is 22.6 Å². The first-order valence-corrected chi connectivity index (χ1v) is 12.1. The van der Waals surface area contributed by atoms with E-state index in [9.17, 15) is 13.6 Å². The van der Waals surface area contributed by atoms with Crippen LogP contribution in [0.4, 0.5) is 19.4 Å². The summed E-state index contributed by atoms with van der Waals surface area (Å²) in [6.07, 6.45) is 6.29. The van der Waals surface area contributed by atoms with Crippen LogP contribution in [0.5, 0.6) is 0 Å². The predicted molar refractivity (Wildman–Crippen MR) is 137 cm³/mol. The molecule has 1 saturated heterocycles. The molecular weight excluding hydrogens is 478 g/mol. The zero-order valence-corrected chi connectivity index (χ0v) is 21.2. The van der Waals surface area contributed by atoms with Crippen molar-refractivity contribution >= 4 is 22.9 Å². The quantitative estimate of drug-likeness (QED) is 0.380. The predicted octanol–water partition coefficient (Wildman–Crippen LogP) is 5.21. The van der Waals surface area contributed by atoms with E-state index >= 15 is 0 Å². The van der Waals surface area contributed by atoms with Gasteiger partial charge in [0.25, 0.3) is 0 Å². The highest BCUT2D eigenvalue weighted by Crippen LogP contribution is 2.38. The Kier molecular flexibility index (Phi) is 6.26. The Morgan fingerprint density at radius 1 is 1.05 bits per heavy atom. The molecule has 0 spiro atoms. The molecule has 0 aliphatic carbocycles. The average molecular weight is 507 g/mol. The van der Waals surface area contributed by atoms with Crippen molar-refractivity contribution in [3.8, 4) is 16.8 Å². The van der Waals surface area contributed by atoms with Crippen molar-refractivity contribution in [1.82, 2.24) is 24.4 Å². The van der Waals surface area contributed by atoms with E-state index in [2.05, 4.69) is 19.9 Å². The molecule has 0 N–H and O–H groups in total. The van der Waals surface area contributed by atoms with E-state index in [4.69, 9.17) is 4.74 Å². The Hall–Kier alpha value is -4.08. The Bertz CT molecular complexity index is 1430. The zero-order valence-electron chi connectivity index (χ0n) is 21.2.